The van der Waals surface area contributed by atoms with Crippen LogP contribution < -0.4 is 0 Å². The van der Waals surface area contributed by atoms with Crippen LogP contribution >= 0.6 is 0 Å². The average molecular weight is 119 g/mol. The Morgan fingerprint density at radius 2 is 2.43 bits per heavy atom. The zero-order valence-electron chi connectivity index (χ0n) is 4.14. The summed E-state index contributed by atoms with van der Waals surface area (Å²) in [4.78, 5) is 10.1. The molecule has 0 atom stereocenters. The van der Waals surface area contributed by atoms with Crippen LogP contribution in [-0.2, 0) is 22.2 Å². The Balaban J connectivity index is 3.00. The maximum Gasteiger partial charge on any atom is 0.281 e. The van der Waals surface area contributed by atoms with Crippen molar-refractivity contribution in [1.82, 2.24) is 0 Å². The fraction of sp³-hybridized carbons (Fsp3) is 0.750. The van der Waals surface area contributed by atoms with Gasteiger partial charge < -0.3 is 17.4 Å². The molecule has 0 aliphatic carbocycles. The molecule has 0 N–H and O–H groups in total. The van der Waals surface area contributed by atoms with Crippen molar-refractivity contribution >= 4 is 18.6 Å². The Kier molecular flexibility index (Phi) is 3.89. The summed E-state index contributed by atoms with van der Waals surface area (Å²) in [5.41, 5.74) is 0. The smallest absolute Gasteiger partial charge is 0.281 e. The quantitative estimate of drug-likeness (QED) is 0.381. The van der Waals surface area contributed by atoms with Crippen LogP contribution in [0.15, 0.2) is 0 Å². The molecule has 0 unspecified atom stereocenters. The van der Waals surface area contributed by atoms with E-state index in [-0.39, 0.29) is 11.7 Å². The Labute approximate surface area is 48.3 Å². The summed E-state index contributed by atoms with van der Waals surface area (Å²) >= 11 is 4.37. The Morgan fingerprint density at radius 1 is 1.86 bits per heavy atom. The standard InChI is InChI=1S/C4H8O2S/c1-2-6-4(5)3-7/h7H,2-3H2,1H3/p-1. The first-order chi connectivity index (χ1) is 3.31. The first-order valence-electron chi connectivity index (χ1n) is 2.05. The van der Waals surface area contributed by atoms with Crippen molar-refractivity contribution in [2.45, 2.75) is 6.92 Å². The second kappa shape index (κ2) is 3.99. The van der Waals surface area contributed by atoms with Crippen LogP contribution in [0.4, 0.5) is 0 Å². The van der Waals surface area contributed by atoms with Gasteiger partial charge in [-0.05, 0) is 6.92 Å². The first-order valence-corrected chi connectivity index (χ1v) is 2.62. The summed E-state index contributed by atoms with van der Waals surface area (Å²) in [5, 5.41) is 0. The van der Waals surface area contributed by atoms with Crippen LogP contribution in [0.25, 0.3) is 0 Å². The molecule has 0 spiro atoms. The molecule has 0 aromatic heterocycles. The maximum absolute atomic E-state index is 10.1. The van der Waals surface area contributed by atoms with Gasteiger partial charge in [0.05, 0.1) is 6.61 Å². The molecule has 0 bridgehead atoms. The zero-order chi connectivity index (χ0) is 5.70. The van der Waals surface area contributed by atoms with Crippen molar-refractivity contribution in [3.8, 4) is 0 Å². The monoisotopic (exact) mass is 119 g/mol. The van der Waals surface area contributed by atoms with Gasteiger partial charge in [-0.2, -0.15) is 0 Å². The van der Waals surface area contributed by atoms with Crippen molar-refractivity contribution < 1.29 is 9.53 Å². The largest absolute Gasteiger partial charge is 0.782 e. The number of hydrogen-bond acceptors (Lipinski definition) is 3. The molecule has 0 rings (SSSR count). The molecule has 3 heteroatoms. The molecule has 0 saturated carbocycles. The van der Waals surface area contributed by atoms with Crippen LogP contribution in [0.1, 0.15) is 6.92 Å². The summed E-state index contributed by atoms with van der Waals surface area (Å²) in [6.07, 6.45) is 0. The Morgan fingerprint density at radius 3 is 2.57 bits per heavy atom. The molecule has 2 nitrogen and oxygen atoms in total. The van der Waals surface area contributed by atoms with Gasteiger partial charge in [-0.15, -0.1) is 0 Å². The zero-order valence-corrected chi connectivity index (χ0v) is 4.96. The van der Waals surface area contributed by atoms with E-state index in [1.165, 1.54) is 0 Å². The summed E-state index contributed by atoms with van der Waals surface area (Å²) in [7, 11) is 0. The molecule has 0 aliphatic heterocycles. The number of carbonyl (C=O) groups is 1. The molecule has 0 amide bonds. The molecular formula is C4H7O2S-. The van der Waals surface area contributed by atoms with E-state index in [1.807, 2.05) is 0 Å². The molecule has 0 aliphatic rings. The van der Waals surface area contributed by atoms with Crippen molar-refractivity contribution in [2.24, 2.45) is 0 Å². The van der Waals surface area contributed by atoms with E-state index in [2.05, 4.69) is 17.4 Å². The Hall–Kier alpha value is -0.180. The average Bonchev–Trinajstić information content (AvgIpc) is 1.68. The maximum atomic E-state index is 10.1. The summed E-state index contributed by atoms with van der Waals surface area (Å²) in [5.74, 6) is -0.245. The van der Waals surface area contributed by atoms with Gasteiger partial charge >= 0.3 is 0 Å². The van der Waals surface area contributed by atoms with E-state index in [1.54, 1.807) is 6.92 Å². The van der Waals surface area contributed by atoms with Crippen molar-refractivity contribution in [3.05, 3.63) is 0 Å². The van der Waals surface area contributed by atoms with Gasteiger partial charge in [-0.1, -0.05) is 5.75 Å². The summed E-state index contributed by atoms with van der Waals surface area (Å²) in [6.45, 7) is 2.18. The van der Waals surface area contributed by atoms with E-state index < -0.39 is 0 Å². The third-order valence-corrected chi connectivity index (χ3v) is 0.659. The van der Waals surface area contributed by atoms with Crippen LogP contribution in [0.2, 0.25) is 0 Å². The summed E-state index contributed by atoms with van der Waals surface area (Å²) < 4.78 is 4.45. The number of ether oxygens (including phenoxy) is 1. The van der Waals surface area contributed by atoms with Gasteiger partial charge in [0.15, 0.2) is 0 Å². The number of carbonyl (C=O) groups excluding carboxylic acids is 1. The van der Waals surface area contributed by atoms with Crippen molar-refractivity contribution in [1.29, 1.82) is 0 Å². The lowest BCUT2D eigenvalue weighted by molar-refractivity contribution is -0.139. The van der Waals surface area contributed by atoms with Crippen LogP contribution in [0, 0.1) is 0 Å². The highest BCUT2D eigenvalue weighted by Gasteiger charge is 1.84. The highest BCUT2D eigenvalue weighted by molar-refractivity contribution is 7.59. The van der Waals surface area contributed by atoms with Gasteiger partial charge in [-0.25, -0.2) is 0 Å². The predicted octanol–water partition coefficient (Wildman–Crippen LogP) is 0.0964. The number of esters is 1. The van der Waals surface area contributed by atoms with Crippen LogP contribution in [-0.4, -0.2) is 18.3 Å². The SMILES string of the molecule is CCOC(=O)C[S-]. The normalized spacial score (nSPS) is 8.29. The van der Waals surface area contributed by atoms with Gasteiger partial charge in [0.25, 0.3) is 5.97 Å². The third kappa shape index (κ3) is 3.66. The minimum atomic E-state index is -0.308. The van der Waals surface area contributed by atoms with E-state index in [0.717, 1.165) is 0 Å². The fourth-order valence-corrected chi connectivity index (χ4v) is 0.286. The first kappa shape index (κ1) is 6.82. The van der Waals surface area contributed by atoms with E-state index in [0.29, 0.717) is 6.61 Å². The molecule has 0 heterocycles. The van der Waals surface area contributed by atoms with Crippen LogP contribution in [0.3, 0.4) is 0 Å². The second-order valence-corrected chi connectivity index (χ2v) is 1.24. The number of hydrogen-bond donors (Lipinski definition) is 0. The van der Waals surface area contributed by atoms with Gasteiger partial charge in [0.1, 0.15) is 0 Å². The van der Waals surface area contributed by atoms with Crippen molar-refractivity contribution in [3.63, 3.8) is 0 Å². The third-order valence-electron chi connectivity index (χ3n) is 0.423. The molecule has 7 heavy (non-hydrogen) atoms. The van der Waals surface area contributed by atoms with E-state index in [9.17, 15) is 4.79 Å². The lowest BCUT2D eigenvalue weighted by Gasteiger charge is -2.00. The molecule has 0 radical (unpaired) electrons. The van der Waals surface area contributed by atoms with Crippen LogP contribution in [0.5, 0.6) is 0 Å². The molecule has 0 fully saturated rings. The van der Waals surface area contributed by atoms with E-state index >= 15 is 0 Å². The van der Waals surface area contributed by atoms with Crippen molar-refractivity contribution in [2.75, 3.05) is 12.4 Å². The lowest BCUT2D eigenvalue weighted by Crippen LogP contribution is -2.06. The highest BCUT2D eigenvalue weighted by Crippen LogP contribution is 1.72. The second-order valence-electron chi connectivity index (χ2n) is 0.949. The van der Waals surface area contributed by atoms with Gasteiger partial charge in [0.2, 0.25) is 0 Å². The molecule has 0 saturated heterocycles. The molecular weight excluding hydrogens is 112 g/mol. The summed E-state index contributed by atoms with van der Waals surface area (Å²) in [6, 6.07) is 0. The minimum absolute atomic E-state index is 0.0633. The lowest BCUT2D eigenvalue weighted by atomic mass is 10.8. The Bertz CT molecular complexity index is 62.7. The molecule has 42 valence electrons. The fourth-order valence-electron chi connectivity index (χ4n) is 0.203. The molecule has 0 aromatic rings. The number of rotatable bonds is 2. The highest BCUT2D eigenvalue weighted by atomic mass is 32.1. The topological polar surface area (TPSA) is 26.3 Å². The molecule has 0 aromatic carbocycles. The minimum Gasteiger partial charge on any atom is -0.782 e. The van der Waals surface area contributed by atoms with E-state index in [4.69, 9.17) is 0 Å². The van der Waals surface area contributed by atoms with Gasteiger partial charge in [-0.3, -0.25) is 4.79 Å². The predicted molar refractivity (Wildman–Crippen MR) is 28.9 cm³/mol. The van der Waals surface area contributed by atoms with Gasteiger partial charge in [0, 0.05) is 0 Å².